The van der Waals surface area contributed by atoms with Crippen LogP contribution in [0.4, 0.5) is 4.39 Å². The van der Waals surface area contributed by atoms with E-state index in [0.29, 0.717) is 0 Å². The molecule has 1 atom stereocenters. The number of esters is 1. The molecule has 114 valence electrons. The molecule has 0 saturated heterocycles. The van der Waals surface area contributed by atoms with Crippen molar-refractivity contribution in [3.05, 3.63) is 29.6 Å². The Hall–Kier alpha value is -1.95. The van der Waals surface area contributed by atoms with Crippen LogP contribution in [-0.4, -0.2) is 34.1 Å². The zero-order valence-electron chi connectivity index (χ0n) is 11.5. The van der Waals surface area contributed by atoms with Crippen LogP contribution < -0.4 is 10.5 Å². The lowest BCUT2D eigenvalue weighted by Crippen LogP contribution is -2.39. The predicted octanol–water partition coefficient (Wildman–Crippen LogP) is -0.0243. The van der Waals surface area contributed by atoms with Gasteiger partial charge in [0, 0.05) is 0 Å². The number of methoxy groups -OCH3 is 1. The molecule has 0 aromatic heterocycles. The first-order chi connectivity index (χ1) is 9.81. The number of sulfonamides is 1. The van der Waals surface area contributed by atoms with E-state index in [1.54, 1.807) is 0 Å². The number of ether oxygens (including phenoxy) is 1. The molecule has 0 heterocycles. The highest BCUT2D eigenvalue weighted by Crippen LogP contribution is 2.14. The van der Waals surface area contributed by atoms with E-state index in [4.69, 9.17) is 5.73 Å². The SMILES string of the molecule is COC(=O)C(C)NS(=O)(=O)c1ccc(C#CCN)c(F)c1. The molecule has 6 nitrogen and oxygen atoms in total. The minimum atomic E-state index is -4.04. The maximum absolute atomic E-state index is 13.7. The molecule has 1 rings (SSSR count). The molecule has 1 aromatic rings. The number of hydrogen-bond donors (Lipinski definition) is 2. The number of nitrogens with two attached hydrogens (primary N) is 1. The molecule has 0 saturated carbocycles. The third kappa shape index (κ3) is 4.53. The fraction of sp³-hybridized carbons (Fsp3) is 0.308. The fourth-order valence-electron chi connectivity index (χ4n) is 1.44. The Morgan fingerprint density at radius 2 is 2.19 bits per heavy atom. The summed E-state index contributed by atoms with van der Waals surface area (Å²) in [5, 5.41) is 0. The van der Waals surface area contributed by atoms with Crippen LogP contribution in [0.1, 0.15) is 12.5 Å². The predicted molar refractivity (Wildman–Crippen MR) is 74.1 cm³/mol. The molecule has 0 aliphatic carbocycles. The molecule has 3 N–H and O–H groups in total. The molecular formula is C13H15FN2O4S. The van der Waals surface area contributed by atoms with Crippen molar-refractivity contribution < 1.29 is 22.3 Å². The van der Waals surface area contributed by atoms with Gasteiger partial charge in [0.1, 0.15) is 11.9 Å². The van der Waals surface area contributed by atoms with Gasteiger partial charge in [0.05, 0.1) is 24.1 Å². The van der Waals surface area contributed by atoms with Gasteiger partial charge in [-0.3, -0.25) is 4.79 Å². The number of halogens is 1. The average molecular weight is 314 g/mol. The average Bonchev–Trinajstić information content (AvgIpc) is 2.44. The van der Waals surface area contributed by atoms with Gasteiger partial charge in [0.15, 0.2) is 0 Å². The molecule has 0 radical (unpaired) electrons. The number of carbonyl (C=O) groups excluding carboxylic acids is 1. The monoisotopic (exact) mass is 314 g/mol. The van der Waals surface area contributed by atoms with E-state index in [1.165, 1.54) is 19.1 Å². The number of carbonyl (C=O) groups is 1. The van der Waals surface area contributed by atoms with Gasteiger partial charge in [-0.1, -0.05) is 11.8 Å². The largest absolute Gasteiger partial charge is 0.468 e. The molecule has 1 unspecified atom stereocenters. The van der Waals surface area contributed by atoms with Crippen LogP contribution in [0.25, 0.3) is 0 Å². The molecule has 0 bridgehead atoms. The van der Waals surface area contributed by atoms with Gasteiger partial charge in [0.25, 0.3) is 0 Å². The Balaban J connectivity index is 3.05. The first-order valence-corrected chi connectivity index (χ1v) is 7.38. The summed E-state index contributed by atoms with van der Waals surface area (Å²) in [5.41, 5.74) is 5.22. The maximum atomic E-state index is 13.7. The van der Waals surface area contributed by atoms with Crippen molar-refractivity contribution in [2.45, 2.75) is 17.9 Å². The normalized spacial score (nSPS) is 12.2. The Morgan fingerprint density at radius 3 is 2.71 bits per heavy atom. The third-order valence-electron chi connectivity index (χ3n) is 2.46. The summed E-state index contributed by atoms with van der Waals surface area (Å²) in [4.78, 5) is 10.9. The smallest absolute Gasteiger partial charge is 0.323 e. The molecule has 0 amide bonds. The lowest BCUT2D eigenvalue weighted by molar-refractivity contribution is -0.142. The van der Waals surface area contributed by atoms with Crippen LogP contribution in [0.5, 0.6) is 0 Å². The first-order valence-electron chi connectivity index (χ1n) is 5.90. The van der Waals surface area contributed by atoms with Crippen molar-refractivity contribution in [1.82, 2.24) is 4.72 Å². The van der Waals surface area contributed by atoms with Gasteiger partial charge < -0.3 is 10.5 Å². The fourth-order valence-corrected chi connectivity index (χ4v) is 2.64. The summed E-state index contributed by atoms with van der Waals surface area (Å²) >= 11 is 0. The first kappa shape index (κ1) is 17.1. The lowest BCUT2D eigenvalue weighted by Gasteiger charge is -2.12. The molecule has 0 spiro atoms. The minimum Gasteiger partial charge on any atom is -0.468 e. The molecule has 0 aliphatic rings. The quantitative estimate of drug-likeness (QED) is 0.601. The maximum Gasteiger partial charge on any atom is 0.323 e. The number of benzene rings is 1. The van der Waals surface area contributed by atoms with Crippen molar-refractivity contribution >= 4 is 16.0 Å². The standard InChI is InChI=1S/C13H15FN2O4S/c1-9(13(17)20-2)16-21(18,19)11-6-5-10(4-3-7-15)12(14)8-11/h5-6,8-9,16H,7,15H2,1-2H3. The van der Waals surface area contributed by atoms with Crippen LogP contribution >= 0.6 is 0 Å². The second-order valence-electron chi connectivity index (χ2n) is 4.01. The highest BCUT2D eigenvalue weighted by atomic mass is 32.2. The zero-order valence-corrected chi connectivity index (χ0v) is 12.3. The summed E-state index contributed by atoms with van der Waals surface area (Å²) in [7, 11) is -2.90. The Bertz CT molecular complexity index is 692. The molecule has 21 heavy (non-hydrogen) atoms. The molecule has 0 aliphatic heterocycles. The summed E-state index contributed by atoms with van der Waals surface area (Å²) in [6.45, 7) is 1.39. The minimum absolute atomic E-state index is 0.0421. The summed E-state index contributed by atoms with van der Waals surface area (Å²) in [6.07, 6.45) is 0. The van der Waals surface area contributed by atoms with E-state index < -0.39 is 27.9 Å². The van der Waals surface area contributed by atoms with Gasteiger partial charge in [-0.15, -0.1) is 0 Å². The van der Waals surface area contributed by atoms with Gasteiger partial charge in [-0.05, 0) is 25.1 Å². The second kappa shape index (κ2) is 7.17. The second-order valence-corrected chi connectivity index (χ2v) is 5.73. The van der Waals surface area contributed by atoms with Crippen molar-refractivity contribution in [3.8, 4) is 11.8 Å². The Kier molecular flexibility index (Phi) is 5.84. The van der Waals surface area contributed by atoms with E-state index in [1.807, 2.05) is 0 Å². The lowest BCUT2D eigenvalue weighted by atomic mass is 10.2. The summed E-state index contributed by atoms with van der Waals surface area (Å²) < 4.78 is 44.2. The highest BCUT2D eigenvalue weighted by Gasteiger charge is 2.23. The van der Waals surface area contributed by atoms with Gasteiger partial charge in [-0.2, -0.15) is 4.72 Å². The van der Waals surface area contributed by atoms with Crippen LogP contribution in [-0.2, 0) is 19.6 Å². The van der Waals surface area contributed by atoms with Crippen molar-refractivity contribution in [2.75, 3.05) is 13.7 Å². The summed E-state index contributed by atoms with van der Waals surface area (Å²) in [6, 6.07) is 2.16. The molecule has 0 fully saturated rings. The number of hydrogen-bond acceptors (Lipinski definition) is 5. The third-order valence-corrected chi connectivity index (χ3v) is 4.00. The van der Waals surface area contributed by atoms with Crippen LogP contribution in [0, 0.1) is 17.7 Å². The molecule has 1 aromatic carbocycles. The van der Waals surface area contributed by atoms with Gasteiger partial charge in [0.2, 0.25) is 10.0 Å². The van der Waals surface area contributed by atoms with Gasteiger partial charge >= 0.3 is 5.97 Å². The van der Waals surface area contributed by atoms with Crippen LogP contribution in [0.3, 0.4) is 0 Å². The Labute approximate surface area is 122 Å². The van der Waals surface area contributed by atoms with E-state index in [-0.39, 0.29) is 17.0 Å². The molecular weight excluding hydrogens is 299 g/mol. The Morgan fingerprint density at radius 1 is 1.52 bits per heavy atom. The van der Waals surface area contributed by atoms with Crippen molar-refractivity contribution in [1.29, 1.82) is 0 Å². The highest BCUT2D eigenvalue weighted by molar-refractivity contribution is 7.89. The van der Waals surface area contributed by atoms with E-state index in [0.717, 1.165) is 13.2 Å². The van der Waals surface area contributed by atoms with E-state index in [9.17, 15) is 17.6 Å². The van der Waals surface area contributed by atoms with Crippen LogP contribution in [0.2, 0.25) is 0 Å². The zero-order chi connectivity index (χ0) is 16.0. The van der Waals surface area contributed by atoms with Crippen LogP contribution in [0.15, 0.2) is 23.1 Å². The molecule has 8 heteroatoms. The van der Waals surface area contributed by atoms with E-state index >= 15 is 0 Å². The van der Waals surface area contributed by atoms with Gasteiger partial charge in [-0.25, -0.2) is 12.8 Å². The number of rotatable bonds is 4. The topological polar surface area (TPSA) is 98.5 Å². The van der Waals surface area contributed by atoms with E-state index in [2.05, 4.69) is 21.3 Å². The number of nitrogens with one attached hydrogen (secondary N) is 1. The summed E-state index contributed by atoms with van der Waals surface area (Å²) in [5.74, 6) is 3.42. The van der Waals surface area contributed by atoms with Crippen molar-refractivity contribution in [2.24, 2.45) is 5.73 Å². The van der Waals surface area contributed by atoms with Crippen molar-refractivity contribution in [3.63, 3.8) is 0 Å².